The minimum atomic E-state index is -3.57. The van der Waals surface area contributed by atoms with Gasteiger partial charge in [0.05, 0.1) is 17.3 Å². The van der Waals surface area contributed by atoms with E-state index in [1.54, 1.807) is 0 Å². The number of hydrogen-bond acceptors (Lipinski definition) is 4. The van der Waals surface area contributed by atoms with E-state index in [0.29, 0.717) is 24.6 Å². The molecule has 2 N–H and O–H groups in total. The molecule has 1 atom stereocenters. The summed E-state index contributed by atoms with van der Waals surface area (Å²) in [6.45, 7) is 3.21. The first-order chi connectivity index (χ1) is 9.45. The molecule has 20 heavy (non-hydrogen) atoms. The second-order valence-corrected chi connectivity index (χ2v) is 7.21. The van der Waals surface area contributed by atoms with Crippen LogP contribution in [0.2, 0.25) is 0 Å². The fraction of sp³-hybridized carbons (Fsp3) is 0.500. The fourth-order valence-corrected chi connectivity index (χ4v) is 4.06. The van der Waals surface area contributed by atoms with E-state index in [4.69, 9.17) is 11.0 Å². The summed E-state index contributed by atoms with van der Waals surface area (Å²) >= 11 is 0. The maximum absolute atomic E-state index is 12.6. The van der Waals surface area contributed by atoms with Gasteiger partial charge in [-0.25, -0.2) is 8.42 Å². The monoisotopic (exact) mass is 293 g/mol. The lowest BCUT2D eigenvalue weighted by molar-refractivity contribution is 0.417. The van der Waals surface area contributed by atoms with Gasteiger partial charge in [-0.2, -0.15) is 9.57 Å². The van der Waals surface area contributed by atoms with Gasteiger partial charge in [0, 0.05) is 13.1 Å². The highest BCUT2D eigenvalue weighted by Crippen LogP contribution is 2.26. The highest BCUT2D eigenvalue weighted by atomic mass is 32.2. The molecule has 1 unspecified atom stereocenters. The van der Waals surface area contributed by atoms with Gasteiger partial charge in [-0.1, -0.05) is 6.92 Å². The molecule has 5 nitrogen and oxygen atoms in total. The van der Waals surface area contributed by atoms with E-state index < -0.39 is 10.0 Å². The largest absolute Gasteiger partial charge is 0.398 e. The molecule has 0 saturated carbocycles. The van der Waals surface area contributed by atoms with Crippen molar-refractivity contribution in [2.24, 2.45) is 5.92 Å². The van der Waals surface area contributed by atoms with Crippen molar-refractivity contribution in [1.82, 2.24) is 4.31 Å². The first-order valence-electron chi connectivity index (χ1n) is 6.75. The number of benzene rings is 1. The van der Waals surface area contributed by atoms with E-state index in [1.165, 1.54) is 22.5 Å². The van der Waals surface area contributed by atoms with E-state index in [1.807, 2.05) is 6.07 Å². The number of nitriles is 1. The van der Waals surface area contributed by atoms with Gasteiger partial charge in [-0.05, 0) is 43.4 Å². The number of rotatable bonds is 2. The smallest absolute Gasteiger partial charge is 0.245 e. The van der Waals surface area contributed by atoms with E-state index in [9.17, 15) is 8.42 Å². The topological polar surface area (TPSA) is 87.2 Å². The van der Waals surface area contributed by atoms with Gasteiger partial charge in [0.1, 0.15) is 4.90 Å². The SMILES string of the molecule is CC1CCCN(S(=O)(=O)c2ccc(C#N)cc2N)CC1. The normalized spacial score (nSPS) is 21.1. The van der Waals surface area contributed by atoms with Crippen molar-refractivity contribution in [2.45, 2.75) is 31.1 Å². The van der Waals surface area contributed by atoms with Crippen LogP contribution >= 0.6 is 0 Å². The van der Waals surface area contributed by atoms with Crippen molar-refractivity contribution >= 4 is 15.7 Å². The predicted molar refractivity (Wildman–Crippen MR) is 77.3 cm³/mol. The Bertz CT molecular complexity index is 634. The Hall–Kier alpha value is -1.58. The van der Waals surface area contributed by atoms with E-state index >= 15 is 0 Å². The van der Waals surface area contributed by atoms with Crippen molar-refractivity contribution in [3.05, 3.63) is 23.8 Å². The minimum Gasteiger partial charge on any atom is -0.398 e. The van der Waals surface area contributed by atoms with Gasteiger partial charge >= 0.3 is 0 Å². The molecule has 1 fully saturated rings. The standard InChI is InChI=1S/C14H19N3O2S/c1-11-3-2-7-17(8-6-11)20(18,19)14-5-4-12(10-15)9-13(14)16/h4-5,9,11H,2-3,6-8,16H2,1H3. The number of sulfonamides is 1. The number of nitrogen functional groups attached to an aromatic ring is 1. The zero-order chi connectivity index (χ0) is 14.8. The summed E-state index contributed by atoms with van der Waals surface area (Å²) < 4.78 is 26.8. The first-order valence-corrected chi connectivity index (χ1v) is 8.19. The maximum atomic E-state index is 12.6. The Morgan fingerprint density at radius 1 is 1.35 bits per heavy atom. The number of nitrogens with two attached hydrogens (primary N) is 1. The second-order valence-electron chi connectivity index (χ2n) is 5.30. The summed E-state index contributed by atoms with van der Waals surface area (Å²) in [7, 11) is -3.57. The van der Waals surface area contributed by atoms with Crippen molar-refractivity contribution < 1.29 is 8.42 Å². The Balaban J connectivity index is 2.33. The van der Waals surface area contributed by atoms with Crippen LogP contribution in [0, 0.1) is 17.2 Å². The van der Waals surface area contributed by atoms with Gasteiger partial charge in [0.15, 0.2) is 0 Å². The molecule has 1 aliphatic heterocycles. The molecule has 1 heterocycles. The molecule has 1 saturated heterocycles. The van der Waals surface area contributed by atoms with Crippen molar-refractivity contribution in [2.75, 3.05) is 18.8 Å². The third kappa shape index (κ3) is 2.94. The fourth-order valence-electron chi connectivity index (χ4n) is 2.47. The average molecular weight is 293 g/mol. The third-order valence-corrected chi connectivity index (χ3v) is 5.71. The predicted octanol–water partition coefficient (Wildman–Crippen LogP) is 1.95. The maximum Gasteiger partial charge on any atom is 0.245 e. The van der Waals surface area contributed by atoms with Crippen LogP contribution in [0.15, 0.2) is 23.1 Å². The zero-order valence-electron chi connectivity index (χ0n) is 11.5. The molecular formula is C14H19N3O2S. The highest BCUT2D eigenvalue weighted by molar-refractivity contribution is 7.89. The molecule has 6 heteroatoms. The summed E-state index contributed by atoms with van der Waals surface area (Å²) in [5.41, 5.74) is 6.31. The molecule has 0 radical (unpaired) electrons. The molecule has 0 bridgehead atoms. The van der Waals surface area contributed by atoms with Crippen LogP contribution in [-0.2, 0) is 10.0 Å². The van der Waals surface area contributed by atoms with Gasteiger partial charge in [0.2, 0.25) is 10.0 Å². The third-order valence-electron chi connectivity index (χ3n) is 3.73. The van der Waals surface area contributed by atoms with Crippen LogP contribution < -0.4 is 5.73 Å². The Morgan fingerprint density at radius 3 is 2.75 bits per heavy atom. The number of nitrogens with zero attached hydrogens (tertiary/aromatic N) is 2. The Labute approximate surface area is 120 Å². The molecule has 0 amide bonds. The van der Waals surface area contributed by atoms with Crippen LogP contribution in [0.3, 0.4) is 0 Å². The van der Waals surface area contributed by atoms with Gasteiger partial charge < -0.3 is 5.73 Å². The quantitative estimate of drug-likeness (QED) is 0.844. The minimum absolute atomic E-state index is 0.103. The molecule has 2 rings (SSSR count). The Kier molecular flexibility index (Phi) is 4.31. The summed E-state index contributed by atoms with van der Waals surface area (Å²) in [6.07, 6.45) is 2.79. The highest BCUT2D eigenvalue weighted by Gasteiger charge is 2.28. The molecule has 1 aromatic rings. The van der Waals surface area contributed by atoms with Gasteiger partial charge in [-0.3, -0.25) is 0 Å². The van der Waals surface area contributed by atoms with E-state index in [2.05, 4.69) is 6.92 Å². The van der Waals surface area contributed by atoms with Crippen LogP contribution in [0.4, 0.5) is 5.69 Å². The van der Waals surface area contributed by atoms with E-state index in [0.717, 1.165) is 19.3 Å². The van der Waals surface area contributed by atoms with Crippen molar-refractivity contribution in [3.63, 3.8) is 0 Å². The van der Waals surface area contributed by atoms with Gasteiger partial charge in [-0.15, -0.1) is 0 Å². The number of hydrogen-bond donors (Lipinski definition) is 1. The van der Waals surface area contributed by atoms with Gasteiger partial charge in [0.25, 0.3) is 0 Å². The molecule has 108 valence electrons. The average Bonchev–Trinajstić information content (AvgIpc) is 2.63. The number of anilines is 1. The van der Waals surface area contributed by atoms with Crippen LogP contribution in [0.5, 0.6) is 0 Å². The summed E-state index contributed by atoms with van der Waals surface area (Å²) in [6, 6.07) is 6.28. The molecule has 1 aromatic carbocycles. The summed E-state index contributed by atoms with van der Waals surface area (Å²) in [4.78, 5) is 0.103. The molecular weight excluding hydrogens is 274 g/mol. The molecule has 0 spiro atoms. The second kappa shape index (κ2) is 5.81. The van der Waals surface area contributed by atoms with E-state index in [-0.39, 0.29) is 10.6 Å². The Morgan fingerprint density at radius 2 is 2.10 bits per heavy atom. The lowest BCUT2D eigenvalue weighted by Crippen LogP contribution is -2.32. The summed E-state index contributed by atoms with van der Waals surface area (Å²) in [5, 5.41) is 8.81. The van der Waals surface area contributed by atoms with Crippen LogP contribution in [0.1, 0.15) is 31.7 Å². The van der Waals surface area contributed by atoms with Crippen molar-refractivity contribution in [3.8, 4) is 6.07 Å². The molecule has 0 aliphatic carbocycles. The van der Waals surface area contributed by atoms with Crippen LogP contribution in [-0.4, -0.2) is 25.8 Å². The first kappa shape index (κ1) is 14.8. The lowest BCUT2D eigenvalue weighted by atomic mass is 10.0. The lowest BCUT2D eigenvalue weighted by Gasteiger charge is -2.21. The zero-order valence-corrected chi connectivity index (χ0v) is 12.4. The summed E-state index contributed by atoms with van der Waals surface area (Å²) in [5.74, 6) is 0.550. The molecule has 1 aliphatic rings. The van der Waals surface area contributed by atoms with Crippen LogP contribution in [0.25, 0.3) is 0 Å². The van der Waals surface area contributed by atoms with Crippen molar-refractivity contribution in [1.29, 1.82) is 5.26 Å². The molecule has 0 aromatic heterocycles.